The molecule has 0 radical (unpaired) electrons. The van der Waals surface area contributed by atoms with Crippen LogP contribution in [0, 0.1) is 62.2 Å². The average Bonchev–Trinajstić information content (AvgIpc) is 2.97. The van der Waals surface area contributed by atoms with Gasteiger partial charge in [0.15, 0.2) is 5.78 Å². The van der Waals surface area contributed by atoms with Gasteiger partial charge in [-0.05, 0) is 99.2 Å². The standard InChI is InChI=1S/C23H25NO4.C19H21NO2.ClH/c1-6-7-18-8-14(2)21(15(3)9-18)22-19(27)10-23(11-20(22)28-17(5)26)12-24(13-23)16(4)25;1-4-5-14-6-12(2)17(13(3)7-14)18-15(21)8-19(9-16(18)22)10-20-11-19;/h8-9H,10-13H2,1-5H3;6-7,18,20H,8-11H2,1-3H3;1H. The van der Waals surface area contributed by atoms with Crippen molar-refractivity contribution in [2.75, 3.05) is 26.2 Å². The molecule has 0 aromatic heterocycles. The lowest BCUT2D eigenvalue weighted by Gasteiger charge is -2.51. The van der Waals surface area contributed by atoms with Gasteiger partial charge in [-0.25, -0.2) is 0 Å². The van der Waals surface area contributed by atoms with E-state index in [1.807, 2.05) is 52.0 Å². The Labute approximate surface area is 307 Å². The van der Waals surface area contributed by atoms with E-state index in [-0.39, 0.29) is 46.5 Å². The van der Waals surface area contributed by atoms with Crippen molar-refractivity contribution in [3.8, 4) is 23.7 Å². The van der Waals surface area contributed by atoms with Crippen molar-refractivity contribution in [1.82, 2.24) is 10.2 Å². The minimum Gasteiger partial charge on any atom is -0.430 e. The maximum Gasteiger partial charge on any atom is 0.307 e. The maximum atomic E-state index is 13.2. The fraction of sp³-hybridized carbons (Fsp3) is 0.452. The monoisotopic (exact) mass is 710 g/mol. The first-order chi connectivity index (χ1) is 23.6. The number of amides is 1. The highest BCUT2D eigenvalue weighted by Gasteiger charge is 2.51. The number of ether oxygens (including phenoxy) is 1. The molecule has 2 spiro atoms. The molecule has 2 aromatic carbocycles. The highest BCUT2D eigenvalue weighted by atomic mass is 35.5. The zero-order valence-corrected chi connectivity index (χ0v) is 31.7. The third-order valence-corrected chi connectivity index (χ3v) is 10.3. The van der Waals surface area contributed by atoms with Crippen LogP contribution < -0.4 is 5.32 Å². The molecule has 1 N–H and O–H groups in total. The van der Waals surface area contributed by atoms with Gasteiger partial charge in [0.05, 0.1) is 5.57 Å². The number of likely N-dealkylation sites (tertiary alicyclic amines) is 1. The zero-order chi connectivity index (χ0) is 36.5. The number of hydrogen-bond acceptors (Lipinski definition) is 7. The lowest BCUT2D eigenvalue weighted by molar-refractivity contribution is -0.147. The summed E-state index contributed by atoms with van der Waals surface area (Å²) in [6, 6.07) is 7.87. The highest BCUT2D eigenvalue weighted by Crippen LogP contribution is 2.48. The van der Waals surface area contributed by atoms with Gasteiger partial charge in [0, 0.05) is 87.7 Å². The second-order valence-electron chi connectivity index (χ2n) is 14.6. The first-order valence-electron chi connectivity index (χ1n) is 17.2. The van der Waals surface area contributed by atoms with Crippen LogP contribution in [0.2, 0.25) is 0 Å². The number of benzene rings is 2. The predicted octanol–water partition coefficient (Wildman–Crippen LogP) is 5.86. The van der Waals surface area contributed by atoms with E-state index >= 15 is 0 Å². The third-order valence-electron chi connectivity index (χ3n) is 10.3. The molecule has 51 heavy (non-hydrogen) atoms. The van der Waals surface area contributed by atoms with Gasteiger partial charge in [0.25, 0.3) is 0 Å². The quantitative estimate of drug-likeness (QED) is 0.241. The van der Waals surface area contributed by atoms with Crippen LogP contribution in [0.1, 0.15) is 104 Å². The molecular formula is C42H47ClN2O6. The van der Waals surface area contributed by atoms with Crippen LogP contribution in [0.15, 0.2) is 30.0 Å². The van der Waals surface area contributed by atoms with Crippen molar-refractivity contribution in [3.05, 3.63) is 74.5 Å². The van der Waals surface area contributed by atoms with E-state index < -0.39 is 11.9 Å². The first kappa shape index (κ1) is 39.3. The summed E-state index contributed by atoms with van der Waals surface area (Å²) in [5.41, 5.74) is 7.48. The van der Waals surface area contributed by atoms with Gasteiger partial charge in [-0.3, -0.25) is 24.0 Å². The summed E-state index contributed by atoms with van der Waals surface area (Å²) >= 11 is 0. The van der Waals surface area contributed by atoms with Crippen LogP contribution in [0.3, 0.4) is 0 Å². The summed E-state index contributed by atoms with van der Waals surface area (Å²) < 4.78 is 5.53. The van der Waals surface area contributed by atoms with Crippen LogP contribution >= 0.6 is 12.4 Å². The number of ketones is 3. The number of carbonyl (C=O) groups excluding carboxylic acids is 5. The summed E-state index contributed by atoms with van der Waals surface area (Å²) in [5, 5.41) is 3.19. The van der Waals surface area contributed by atoms with Crippen molar-refractivity contribution in [1.29, 1.82) is 0 Å². The maximum absolute atomic E-state index is 13.2. The lowest BCUT2D eigenvalue weighted by atomic mass is 9.64. The summed E-state index contributed by atoms with van der Waals surface area (Å²) in [6.07, 6.45) is 1.87. The largest absolute Gasteiger partial charge is 0.430 e. The molecule has 4 aliphatic rings. The molecule has 6 rings (SSSR count). The number of aryl methyl sites for hydroxylation is 4. The van der Waals surface area contributed by atoms with Gasteiger partial charge >= 0.3 is 5.97 Å². The number of allylic oxidation sites excluding steroid dienone is 2. The number of esters is 1. The molecule has 9 heteroatoms. The van der Waals surface area contributed by atoms with Crippen molar-refractivity contribution in [2.45, 2.75) is 87.0 Å². The number of hydrogen-bond donors (Lipinski definition) is 1. The Morgan fingerprint density at radius 3 is 1.67 bits per heavy atom. The third kappa shape index (κ3) is 8.04. The van der Waals surface area contributed by atoms with Crippen molar-refractivity contribution in [3.63, 3.8) is 0 Å². The summed E-state index contributed by atoms with van der Waals surface area (Å²) in [4.78, 5) is 63.6. The Kier molecular flexibility index (Phi) is 11.9. The van der Waals surface area contributed by atoms with E-state index in [1.165, 1.54) is 13.8 Å². The number of halogens is 1. The Bertz CT molecular complexity index is 1910. The van der Waals surface area contributed by atoms with Crippen LogP contribution in [0.5, 0.6) is 0 Å². The van der Waals surface area contributed by atoms with Crippen molar-refractivity contribution < 1.29 is 28.7 Å². The minimum absolute atomic E-state index is 0. The van der Waals surface area contributed by atoms with Crippen LogP contribution in [0.4, 0.5) is 0 Å². The first-order valence-corrected chi connectivity index (χ1v) is 17.2. The lowest BCUT2D eigenvalue weighted by Crippen LogP contribution is -2.59. The Hall–Kier alpha value is -4.50. The van der Waals surface area contributed by atoms with E-state index in [0.29, 0.717) is 50.1 Å². The molecule has 2 heterocycles. The van der Waals surface area contributed by atoms with Gasteiger partial charge in [0.2, 0.25) is 5.91 Å². The molecule has 2 aliphatic carbocycles. The molecule has 268 valence electrons. The molecule has 0 atom stereocenters. The van der Waals surface area contributed by atoms with Crippen molar-refractivity contribution in [2.24, 2.45) is 10.8 Å². The topological polar surface area (TPSA) is 110 Å². The fourth-order valence-corrected chi connectivity index (χ4v) is 8.28. The molecule has 0 unspecified atom stereocenters. The number of nitrogens with one attached hydrogen (secondary N) is 1. The van der Waals surface area contributed by atoms with Gasteiger partial charge in [-0.15, -0.1) is 24.2 Å². The predicted molar refractivity (Wildman–Crippen MR) is 199 cm³/mol. The Balaban J connectivity index is 0.000000230. The van der Waals surface area contributed by atoms with E-state index in [2.05, 4.69) is 29.0 Å². The summed E-state index contributed by atoms with van der Waals surface area (Å²) in [5.74, 6) is 11.4. The number of rotatable bonds is 3. The Morgan fingerprint density at radius 1 is 0.765 bits per heavy atom. The minimum atomic E-state index is -0.574. The summed E-state index contributed by atoms with van der Waals surface area (Å²) in [6.45, 7) is 16.9. The van der Waals surface area contributed by atoms with Gasteiger partial charge < -0.3 is 15.0 Å². The van der Waals surface area contributed by atoms with Gasteiger partial charge in [-0.1, -0.05) is 11.8 Å². The zero-order valence-electron chi connectivity index (χ0n) is 30.8. The normalized spacial score (nSPS) is 18.6. The molecule has 1 saturated carbocycles. The van der Waals surface area contributed by atoms with E-state index in [9.17, 15) is 24.0 Å². The average molecular weight is 711 g/mol. The van der Waals surface area contributed by atoms with Gasteiger partial charge in [-0.2, -0.15) is 0 Å². The molecule has 2 aromatic rings. The van der Waals surface area contributed by atoms with E-state index in [0.717, 1.165) is 57.6 Å². The summed E-state index contributed by atoms with van der Waals surface area (Å²) in [7, 11) is 0. The number of Topliss-reactive ketones (excluding diaryl/α,β-unsaturated/α-hetero) is 3. The molecule has 2 saturated heterocycles. The Morgan fingerprint density at radius 2 is 1.25 bits per heavy atom. The molecule has 2 aliphatic heterocycles. The highest BCUT2D eigenvalue weighted by molar-refractivity contribution is 6.23. The fourth-order valence-electron chi connectivity index (χ4n) is 8.28. The second-order valence-corrected chi connectivity index (χ2v) is 14.6. The molecule has 0 bridgehead atoms. The number of nitrogens with zero attached hydrogens (tertiary/aromatic N) is 1. The van der Waals surface area contributed by atoms with E-state index in [1.54, 1.807) is 18.7 Å². The van der Waals surface area contributed by atoms with Gasteiger partial charge in [0.1, 0.15) is 23.2 Å². The SMILES string of the molecule is CC#Cc1cc(C)c(C2=C(OC(C)=O)CC3(CC2=O)CN(C(C)=O)C3)c(C)c1.CC#Cc1cc(C)c(C2C(=O)CC3(CNC3)CC2=O)c(C)c1.Cl. The van der Waals surface area contributed by atoms with Crippen LogP contribution in [0.25, 0.3) is 5.57 Å². The van der Waals surface area contributed by atoms with Crippen molar-refractivity contribution >= 4 is 47.2 Å². The second kappa shape index (κ2) is 15.4. The molecule has 1 amide bonds. The smallest absolute Gasteiger partial charge is 0.307 e. The van der Waals surface area contributed by atoms with Crippen LogP contribution in [-0.4, -0.2) is 60.3 Å². The molecule has 3 fully saturated rings. The molecule has 8 nitrogen and oxygen atoms in total. The molecular weight excluding hydrogens is 664 g/mol. The van der Waals surface area contributed by atoms with E-state index in [4.69, 9.17) is 4.74 Å². The van der Waals surface area contributed by atoms with Crippen LogP contribution in [-0.2, 0) is 28.7 Å². The number of carbonyl (C=O) groups is 5.